The molecule has 3 aromatic rings. The second-order valence-corrected chi connectivity index (χ2v) is 7.11. The summed E-state index contributed by atoms with van der Waals surface area (Å²) in [5.41, 5.74) is 1.80. The van der Waals surface area contributed by atoms with Crippen LogP contribution in [0.3, 0.4) is 0 Å². The van der Waals surface area contributed by atoms with E-state index < -0.39 is 11.9 Å². The molecule has 0 fully saturated rings. The normalized spacial score (nSPS) is 10.4. The molecule has 0 aliphatic heterocycles. The highest BCUT2D eigenvalue weighted by Gasteiger charge is 2.18. The second-order valence-electron chi connectivity index (χ2n) is 7.11. The summed E-state index contributed by atoms with van der Waals surface area (Å²) in [5, 5.41) is 18.5. The first-order valence-electron chi connectivity index (χ1n) is 10.1. The Kier molecular flexibility index (Phi) is 7.75. The maximum atomic E-state index is 11.4. The summed E-state index contributed by atoms with van der Waals surface area (Å²) in [6, 6.07) is 17.4. The molecule has 0 heterocycles. The highest BCUT2D eigenvalue weighted by molar-refractivity contribution is 5.73. The van der Waals surface area contributed by atoms with Gasteiger partial charge < -0.3 is 29.2 Å². The van der Waals surface area contributed by atoms with E-state index in [-0.39, 0.29) is 30.9 Å². The van der Waals surface area contributed by atoms with Gasteiger partial charge in [0, 0.05) is 11.6 Å². The molecular formula is C25H24O8. The Morgan fingerprint density at radius 2 is 1.36 bits per heavy atom. The van der Waals surface area contributed by atoms with Gasteiger partial charge in [-0.25, -0.2) is 0 Å². The number of carboxylic acid groups (broad SMARTS) is 2. The van der Waals surface area contributed by atoms with Crippen molar-refractivity contribution in [3.05, 3.63) is 77.4 Å². The van der Waals surface area contributed by atoms with Gasteiger partial charge in [0.15, 0.2) is 23.0 Å². The van der Waals surface area contributed by atoms with E-state index in [0.29, 0.717) is 28.4 Å². The van der Waals surface area contributed by atoms with Gasteiger partial charge in [0.1, 0.15) is 12.4 Å². The molecule has 0 bridgehead atoms. The first-order valence-corrected chi connectivity index (χ1v) is 10.1. The Hall–Kier alpha value is -4.20. The smallest absolute Gasteiger partial charge is 0.307 e. The van der Waals surface area contributed by atoms with E-state index in [4.69, 9.17) is 18.9 Å². The van der Waals surface area contributed by atoms with Crippen molar-refractivity contribution < 1.29 is 38.7 Å². The molecule has 0 unspecified atom stereocenters. The zero-order valence-corrected chi connectivity index (χ0v) is 18.2. The summed E-state index contributed by atoms with van der Waals surface area (Å²) in [7, 11) is 2.91. The number of ether oxygens (including phenoxy) is 4. The zero-order valence-electron chi connectivity index (χ0n) is 18.2. The van der Waals surface area contributed by atoms with Crippen molar-refractivity contribution in [2.24, 2.45) is 0 Å². The van der Waals surface area contributed by atoms with Crippen molar-refractivity contribution in [1.82, 2.24) is 0 Å². The van der Waals surface area contributed by atoms with E-state index in [2.05, 4.69) is 0 Å². The zero-order chi connectivity index (χ0) is 23.8. The minimum absolute atomic E-state index is 0.205. The van der Waals surface area contributed by atoms with Crippen molar-refractivity contribution in [3.8, 4) is 28.7 Å². The molecule has 172 valence electrons. The van der Waals surface area contributed by atoms with Gasteiger partial charge in [-0.05, 0) is 29.3 Å². The Morgan fingerprint density at radius 1 is 0.697 bits per heavy atom. The van der Waals surface area contributed by atoms with Gasteiger partial charge in [-0.2, -0.15) is 0 Å². The molecule has 0 amide bonds. The summed E-state index contributed by atoms with van der Waals surface area (Å²) in [6.07, 6.45) is -0.520. The number of hydrogen-bond acceptors (Lipinski definition) is 6. The van der Waals surface area contributed by atoms with Crippen molar-refractivity contribution in [2.75, 3.05) is 14.2 Å². The Morgan fingerprint density at radius 3 is 2.00 bits per heavy atom. The summed E-state index contributed by atoms with van der Waals surface area (Å²) >= 11 is 0. The van der Waals surface area contributed by atoms with Gasteiger partial charge >= 0.3 is 11.9 Å². The molecule has 0 aromatic heterocycles. The van der Waals surface area contributed by atoms with Gasteiger partial charge in [0.25, 0.3) is 0 Å². The minimum atomic E-state index is -1.05. The average Bonchev–Trinajstić information content (AvgIpc) is 2.79. The first kappa shape index (κ1) is 23.5. The van der Waals surface area contributed by atoms with Crippen LogP contribution in [0.15, 0.2) is 60.7 Å². The van der Waals surface area contributed by atoms with E-state index in [1.807, 2.05) is 30.3 Å². The van der Waals surface area contributed by atoms with E-state index in [0.717, 1.165) is 5.56 Å². The summed E-state index contributed by atoms with van der Waals surface area (Å²) < 4.78 is 22.6. The largest absolute Gasteiger partial charge is 0.493 e. The highest BCUT2D eigenvalue weighted by Crippen LogP contribution is 2.40. The van der Waals surface area contributed by atoms with Gasteiger partial charge in [-0.15, -0.1) is 0 Å². The fourth-order valence-electron chi connectivity index (χ4n) is 3.19. The molecule has 0 saturated heterocycles. The van der Waals surface area contributed by atoms with E-state index in [1.165, 1.54) is 26.4 Å². The van der Waals surface area contributed by atoms with Crippen LogP contribution < -0.4 is 18.9 Å². The third-order valence-corrected chi connectivity index (χ3v) is 4.73. The molecule has 0 spiro atoms. The maximum Gasteiger partial charge on any atom is 0.307 e. The molecule has 0 atom stereocenters. The van der Waals surface area contributed by atoms with E-state index in [9.17, 15) is 19.8 Å². The van der Waals surface area contributed by atoms with Crippen LogP contribution in [-0.4, -0.2) is 36.4 Å². The van der Waals surface area contributed by atoms with Crippen molar-refractivity contribution in [2.45, 2.75) is 19.4 Å². The van der Waals surface area contributed by atoms with Gasteiger partial charge in [0.2, 0.25) is 0 Å². The van der Waals surface area contributed by atoms with Crippen LogP contribution >= 0.6 is 0 Å². The lowest BCUT2D eigenvalue weighted by Gasteiger charge is -2.17. The number of aliphatic carboxylic acids is 2. The molecule has 0 radical (unpaired) electrons. The molecule has 33 heavy (non-hydrogen) atoms. The quantitative estimate of drug-likeness (QED) is 0.442. The number of methoxy groups -OCH3 is 2. The fraction of sp³-hybridized carbons (Fsp3) is 0.200. The fourth-order valence-corrected chi connectivity index (χ4v) is 3.19. The summed E-state index contributed by atoms with van der Waals surface area (Å²) in [5.74, 6) is -0.458. The molecule has 3 aromatic carbocycles. The lowest BCUT2D eigenvalue weighted by atomic mass is 10.1. The molecule has 2 N–H and O–H groups in total. The molecule has 0 aliphatic rings. The third kappa shape index (κ3) is 6.39. The van der Waals surface area contributed by atoms with Crippen LogP contribution in [0.25, 0.3) is 0 Å². The second kappa shape index (κ2) is 10.9. The van der Waals surface area contributed by atoms with Crippen LogP contribution in [0.1, 0.15) is 16.7 Å². The number of carboxylic acids is 2. The molecule has 8 heteroatoms. The monoisotopic (exact) mass is 452 g/mol. The number of carbonyl (C=O) groups is 2. The molecule has 0 aliphatic carbocycles. The van der Waals surface area contributed by atoms with Gasteiger partial charge in [-0.3, -0.25) is 9.59 Å². The highest BCUT2D eigenvalue weighted by atomic mass is 16.5. The maximum absolute atomic E-state index is 11.4. The minimum Gasteiger partial charge on any atom is -0.493 e. The van der Waals surface area contributed by atoms with Crippen molar-refractivity contribution >= 4 is 11.9 Å². The van der Waals surface area contributed by atoms with E-state index in [1.54, 1.807) is 18.2 Å². The SMILES string of the molecule is COc1cc(CC(=O)O)c(Oc2cc(CC(=O)O)ccc2OCc2ccccc2)cc1OC. The lowest BCUT2D eigenvalue weighted by molar-refractivity contribution is -0.137. The number of rotatable bonds is 11. The Balaban J connectivity index is 2.00. The summed E-state index contributed by atoms with van der Waals surface area (Å²) in [6.45, 7) is 0.267. The summed E-state index contributed by atoms with van der Waals surface area (Å²) in [4.78, 5) is 22.6. The van der Waals surface area contributed by atoms with Crippen molar-refractivity contribution in [3.63, 3.8) is 0 Å². The molecule has 0 saturated carbocycles. The predicted molar refractivity (Wildman–Crippen MR) is 120 cm³/mol. The first-order chi connectivity index (χ1) is 15.9. The van der Waals surface area contributed by atoms with Crippen LogP contribution in [-0.2, 0) is 29.0 Å². The van der Waals surface area contributed by atoms with Crippen LogP contribution in [0, 0.1) is 0 Å². The van der Waals surface area contributed by atoms with Crippen LogP contribution in [0.2, 0.25) is 0 Å². The van der Waals surface area contributed by atoms with Crippen molar-refractivity contribution in [1.29, 1.82) is 0 Å². The van der Waals surface area contributed by atoms with Crippen LogP contribution in [0.5, 0.6) is 28.7 Å². The van der Waals surface area contributed by atoms with E-state index >= 15 is 0 Å². The number of hydrogen-bond donors (Lipinski definition) is 2. The topological polar surface area (TPSA) is 112 Å². The average molecular weight is 452 g/mol. The van der Waals surface area contributed by atoms with Crippen LogP contribution in [0.4, 0.5) is 0 Å². The molecule has 3 rings (SSSR count). The van der Waals surface area contributed by atoms with Gasteiger partial charge in [0.05, 0.1) is 27.1 Å². The van der Waals surface area contributed by atoms with Gasteiger partial charge in [-0.1, -0.05) is 36.4 Å². The third-order valence-electron chi connectivity index (χ3n) is 4.73. The molecule has 8 nitrogen and oxygen atoms in total. The predicted octanol–water partition coefficient (Wildman–Crippen LogP) is 4.33. The Bertz CT molecular complexity index is 1120. The number of benzene rings is 3. The molecular weight excluding hydrogens is 428 g/mol. The lowest BCUT2D eigenvalue weighted by Crippen LogP contribution is -2.05. The standard InChI is InChI=1S/C25H24O8/c1-30-21-12-18(13-25(28)29)20(14-22(21)31-2)33-23-10-17(11-24(26)27)8-9-19(23)32-15-16-6-4-3-5-7-16/h3-10,12,14H,11,13,15H2,1-2H3,(H,26,27)(H,28,29). The Labute approximate surface area is 190 Å².